The summed E-state index contributed by atoms with van der Waals surface area (Å²) in [6.45, 7) is 1.82. The van der Waals surface area contributed by atoms with Crippen molar-refractivity contribution in [3.05, 3.63) is 48.3 Å². The Morgan fingerprint density at radius 3 is 2.92 bits per heavy atom. The van der Waals surface area contributed by atoms with E-state index in [2.05, 4.69) is 26.0 Å². The highest BCUT2D eigenvalue weighted by atomic mass is 16.2. The van der Waals surface area contributed by atoms with Gasteiger partial charge in [0.25, 0.3) is 0 Å². The molecule has 0 aliphatic heterocycles. The molecule has 1 saturated carbocycles. The molecule has 132 valence electrons. The lowest BCUT2D eigenvalue weighted by Gasteiger charge is -2.12. The van der Waals surface area contributed by atoms with Crippen molar-refractivity contribution in [3.63, 3.8) is 0 Å². The summed E-state index contributed by atoms with van der Waals surface area (Å²) in [7, 11) is 1.77. The predicted octanol–water partition coefficient (Wildman–Crippen LogP) is 1.60. The molecule has 1 aromatic heterocycles. The number of guanidine groups is 1. The van der Waals surface area contributed by atoms with Crippen LogP contribution in [-0.2, 0) is 17.9 Å². The van der Waals surface area contributed by atoms with Crippen molar-refractivity contribution in [2.75, 3.05) is 18.9 Å². The summed E-state index contributed by atoms with van der Waals surface area (Å²) >= 11 is 0. The molecular formula is C18H24N6O. The first-order valence-electron chi connectivity index (χ1n) is 8.53. The minimum atomic E-state index is -0.101. The summed E-state index contributed by atoms with van der Waals surface area (Å²) in [5.41, 5.74) is 1.85. The monoisotopic (exact) mass is 340 g/mol. The van der Waals surface area contributed by atoms with E-state index in [0.29, 0.717) is 6.54 Å². The molecule has 0 spiro atoms. The topological polar surface area (TPSA) is 83.3 Å². The average molecular weight is 340 g/mol. The van der Waals surface area contributed by atoms with Crippen LogP contribution in [0.15, 0.2) is 47.7 Å². The molecule has 1 fully saturated rings. The standard InChI is InChI=1S/C18H24N6O/c1-19-18(20-11-14-6-7-14)21-12-15-4-2-5-16(10-15)23-17(25)13-24-9-3-8-22-24/h2-5,8-10,14H,6-7,11-13H2,1H3,(H,23,25)(H2,19,20,21). The van der Waals surface area contributed by atoms with E-state index in [1.54, 1.807) is 30.2 Å². The molecule has 0 radical (unpaired) electrons. The molecule has 0 unspecified atom stereocenters. The second-order valence-corrected chi connectivity index (χ2v) is 6.20. The third kappa shape index (κ3) is 5.63. The minimum absolute atomic E-state index is 0.101. The zero-order valence-electron chi connectivity index (χ0n) is 14.4. The summed E-state index contributed by atoms with van der Waals surface area (Å²) in [4.78, 5) is 16.3. The van der Waals surface area contributed by atoms with Crippen LogP contribution < -0.4 is 16.0 Å². The zero-order chi connectivity index (χ0) is 17.5. The van der Waals surface area contributed by atoms with Crippen molar-refractivity contribution in [1.82, 2.24) is 20.4 Å². The van der Waals surface area contributed by atoms with Gasteiger partial charge in [0.2, 0.25) is 5.91 Å². The molecule has 1 aliphatic rings. The fourth-order valence-corrected chi connectivity index (χ4v) is 2.47. The van der Waals surface area contributed by atoms with Crippen LogP contribution in [0.4, 0.5) is 5.69 Å². The minimum Gasteiger partial charge on any atom is -0.356 e. The molecule has 1 heterocycles. The smallest absolute Gasteiger partial charge is 0.246 e. The number of amides is 1. The van der Waals surface area contributed by atoms with E-state index in [4.69, 9.17) is 0 Å². The first-order valence-corrected chi connectivity index (χ1v) is 8.53. The normalized spacial score (nSPS) is 14.2. The number of rotatable bonds is 7. The van der Waals surface area contributed by atoms with Crippen LogP contribution in [0.3, 0.4) is 0 Å². The maximum atomic E-state index is 12.0. The number of carbonyl (C=O) groups is 1. The van der Waals surface area contributed by atoms with Crippen LogP contribution >= 0.6 is 0 Å². The van der Waals surface area contributed by atoms with E-state index in [9.17, 15) is 4.79 Å². The Labute approximate surface area is 147 Å². The number of benzene rings is 1. The van der Waals surface area contributed by atoms with E-state index >= 15 is 0 Å². The van der Waals surface area contributed by atoms with Crippen molar-refractivity contribution in [2.24, 2.45) is 10.9 Å². The van der Waals surface area contributed by atoms with Gasteiger partial charge in [-0.25, -0.2) is 0 Å². The van der Waals surface area contributed by atoms with Crippen LogP contribution in [0, 0.1) is 5.92 Å². The van der Waals surface area contributed by atoms with Crippen LogP contribution in [0.5, 0.6) is 0 Å². The number of carbonyl (C=O) groups excluding carboxylic acids is 1. The maximum absolute atomic E-state index is 12.0. The van der Waals surface area contributed by atoms with Crippen LogP contribution in [-0.4, -0.2) is 35.2 Å². The molecule has 25 heavy (non-hydrogen) atoms. The number of nitrogens with one attached hydrogen (secondary N) is 3. The maximum Gasteiger partial charge on any atom is 0.246 e. The molecule has 0 saturated heterocycles. The molecule has 0 atom stereocenters. The van der Waals surface area contributed by atoms with Crippen molar-refractivity contribution in [2.45, 2.75) is 25.9 Å². The Kier molecular flexibility index (Phi) is 5.66. The summed E-state index contributed by atoms with van der Waals surface area (Å²) in [6.07, 6.45) is 6.04. The van der Waals surface area contributed by atoms with Crippen LogP contribution in [0.1, 0.15) is 18.4 Å². The number of hydrogen-bond acceptors (Lipinski definition) is 3. The lowest BCUT2D eigenvalue weighted by atomic mass is 10.2. The van der Waals surface area contributed by atoms with Gasteiger partial charge in [0.1, 0.15) is 6.54 Å². The summed E-state index contributed by atoms with van der Waals surface area (Å²) in [5, 5.41) is 13.6. The number of anilines is 1. The Morgan fingerprint density at radius 1 is 1.32 bits per heavy atom. The molecule has 1 amide bonds. The van der Waals surface area contributed by atoms with Gasteiger partial charge in [-0.05, 0) is 42.5 Å². The van der Waals surface area contributed by atoms with Crippen molar-refractivity contribution in [3.8, 4) is 0 Å². The Bertz CT molecular complexity index is 721. The van der Waals surface area contributed by atoms with E-state index < -0.39 is 0 Å². The van der Waals surface area contributed by atoms with Gasteiger partial charge >= 0.3 is 0 Å². The SMILES string of the molecule is CN=C(NCc1cccc(NC(=O)Cn2cccn2)c1)NCC1CC1. The summed E-state index contributed by atoms with van der Waals surface area (Å²) < 4.78 is 1.59. The highest BCUT2D eigenvalue weighted by Gasteiger charge is 2.20. The van der Waals surface area contributed by atoms with Gasteiger partial charge in [-0.3, -0.25) is 14.5 Å². The quantitative estimate of drug-likeness (QED) is 0.528. The van der Waals surface area contributed by atoms with Gasteiger partial charge in [-0.15, -0.1) is 0 Å². The highest BCUT2D eigenvalue weighted by Crippen LogP contribution is 2.27. The van der Waals surface area contributed by atoms with E-state index in [-0.39, 0.29) is 12.5 Å². The molecule has 0 bridgehead atoms. The Hall–Kier alpha value is -2.83. The van der Waals surface area contributed by atoms with Crippen LogP contribution in [0.2, 0.25) is 0 Å². The van der Waals surface area contributed by atoms with Gasteiger partial charge in [0.05, 0.1) is 0 Å². The fraction of sp³-hybridized carbons (Fsp3) is 0.389. The fourth-order valence-electron chi connectivity index (χ4n) is 2.47. The van der Waals surface area contributed by atoms with E-state index in [1.165, 1.54) is 12.8 Å². The number of nitrogens with zero attached hydrogens (tertiary/aromatic N) is 3. The number of aliphatic imine (C=N–C) groups is 1. The largest absolute Gasteiger partial charge is 0.356 e. The summed E-state index contributed by atoms with van der Waals surface area (Å²) in [6, 6.07) is 9.59. The van der Waals surface area contributed by atoms with Crippen molar-refractivity contribution < 1.29 is 4.79 Å². The highest BCUT2D eigenvalue weighted by molar-refractivity contribution is 5.90. The van der Waals surface area contributed by atoms with Gasteiger partial charge in [0, 0.05) is 38.2 Å². The molecule has 7 heteroatoms. The lowest BCUT2D eigenvalue weighted by molar-refractivity contribution is -0.116. The first kappa shape index (κ1) is 17.0. The molecule has 3 N–H and O–H groups in total. The van der Waals surface area contributed by atoms with Crippen LogP contribution in [0.25, 0.3) is 0 Å². The second-order valence-electron chi connectivity index (χ2n) is 6.20. The number of hydrogen-bond donors (Lipinski definition) is 3. The molecule has 2 aromatic rings. The Balaban J connectivity index is 1.49. The van der Waals surface area contributed by atoms with Gasteiger partial charge in [-0.1, -0.05) is 12.1 Å². The zero-order valence-corrected chi connectivity index (χ0v) is 14.4. The molecule has 7 nitrogen and oxygen atoms in total. The molecular weight excluding hydrogens is 316 g/mol. The van der Waals surface area contributed by atoms with Gasteiger partial charge in [-0.2, -0.15) is 5.10 Å². The van der Waals surface area contributed by atoms with E-state index in [0.717, 1.165) is 29.7 Å². The van der Waals surface area contributed by atoms with Gasteiger partial charge < -0.3 is 16.0 Å². The van der Waals surface area contributed by atoms with E-state index in [1.807, 2.05) is 24.3 Å². The third-order valence-corrected chi connectivity index (χ3v) is 4.01. The Morgan fingerprint density at radius 2 is 2.20 bits per heavy atom. The molecule has 1 aromatic carbocycles. The first-order chi connectivity index (χ1) is 12.2. The van der Waals surface area contributed by atoms with Crippen molar-refractivity contribution >= 4 is 17.6 Å². The predicted molar refractivity (Wildman–Crippen MR) is 98.2 cm³/mol. The molecule has 1 aliphatic carbocycles. The number of aromatic nitrogens is 2. The van der Waals surface area contributed by atoms with Gasteiger partial charge in [0.15, 0.2) is 5.96 Å². The molecule has 3 rings (SSSR count). The summed E-state index contributed by atoms with van der Waals surface area (Å²) in [5.74, 6) is 1.50. The average Bonchev–Trinajstić information content (AvgIpc) is 3.30. The lowest BCUT2D eigenvalue weighted by Crippen LogP contribution is -2.37. The van der Waals surface area contributed by atoms with Crippen molar-refractivity contribution in [1.29, 1.82) is 0 Å². The third-order valence-electron chi connectivity index (χ3n) is 4.01. The second kappa shape index (κ2) is 8.32.